The molecule has 4 atom stereocenters. The number of benzene rings is 3. The van der Waals surface area contributed by atoms with Crippen LogP contribution in [0.3, 0.4) is 0 Å². The van der Waals surface area contributed by atoms with E-state index in [1.165, 1.54) is 0 Å². The Bertz CT molecular complexity index is 1870. The van der Waals surface area contributed by atoms with Crippen molar-refractivity contribution in [2.45, 2.75) is 103 Å². The molecule has 3 rings (SSSR count). The number of unbranched alkanes of at least 4 members (excludes halogenated alkanes) is 1. The van der Waals surface area contributed by atoms with Crippen LogP contribution in [0.2, 0.25) is 0 Å². The van der Waals surface area contributed by atoms with E-state index in [1.807, 2.05) is 19.9 Å². The quantitative estimate of drug-likeness (QED) is 0.0512. The Morgan fingerprint density at radius 3 is 1.51 bits per heavy atom. The van der Waals surface area contributed by atoms with Crippen molar-refractivity contribution in [1.29, 1.82) is 0 Å². The number of ether oxygens (including phenoxy) is 2. The maximum atomic E-state index is 14.2. The maximum absolute atomic E-state index is 14.2. The van der Waals surface area contributed by atoms with Gasteiger partial charge >= 0.3 is 11.9 Å². The fourth-order valence-electron chi connectivity index (χ4n) is 5.84. The van der Waals surface area contributed by atoms with Crippen molar-refractivity contribution in [3.8, 4) is 12.3 Å². The van der Waals surface area contributed by atoms with E-state index in [0.717, 1.165) is 0 Å². The molecule has 0 unspecified atom stereocenters. The van der Waals surface area contributed by atoms with E-state index >= 15 is 0 Å². The number of esters is 2. The monoisotopic (exact) mass is 809 g/mol. The molecule has 0 radical (unpaired) electrons. The van der Waals surface area contributed by atoms with Gasteiger partial charge in [0.1, 0.15) is 37.4 Å². The molecule has 0 saturated carbocycles. The first-order valence-corrected chi connectivity index (χ1v) is 19.7. The van der Waals surface area contributed by atoms with Crippen molar-refractivity contribution in [1.82, 2.24) is 26.6 Å². The van der Waals surface area contributed by atoms with E-state index in [4.69, 9.17) is 15.9 Å². The molecule has 0 aromatic heterocycles. The Kier molecular flexibility index (Phi) is 20.4. The molecule has 0 bridgehead atoms. The molecule has 0 heterocycles. The van der Waals surface area contributed by atoms with Crippen LogP contribution in [0, 0.1) is 18.3 Å². The Morgan fingerprint density at radius 2 is 1.03 bits per heavy atom. The van der Waals surface area contributed by atoms with Crippen LogP contribution >= 0.6 is 0 Å². The van der Waals surface area contributed by atoms with Crippen LogP contribution < -0.4 is 26.6 Å². The van der Waals surface area contributed by atoms with Gasteiger partial charge in [-0.1, -0.05) is 105 Å². The zero-order valence-electron chi connectivity index (χ0n) is 33.9. The molecule has 0 aliphatic heterocycles. The first kappa shape index (κ1) is 46.9. The lowest BCUT2D eigenvalue weighted by atomic mass is 10.0. The molecule has 0 saturated heterocycles. The van der Waals surface area contributed by atoms with Crippen molar-refractivity contribution >= 4 is 41.5 Å². The Balaban J connectivity index is 1.88. The molecule has 0 aliphatic rings. The standard InChI is InChI=1S/C45H55N5O9/c1-5-7-11-24-39(51)47-35(25-31(3)4)43(55)48-36(26-32-18-12-8-13-19-32)44(56)50-38(28-41(53)59-30-34-22-16-10-17-23-34)45(57)49-37(42(54)46-6-2)27-40(52)58-29-33-20-14-9-15-21-33/h1,8-10,12-23,31,35-38H,6-7,11,24-30H2,2-4H3,(H,46,54)(H,47,51)(H,48,55)(H,49,57)(H,50,56)/t35-,36+,37+,38-/m1/s1. The Labute approximate surface area is 346 Å². The highest BCUT2D eigenvalue weighted by molar-refractivity contribution is 5.97. The molecule has 0 fully saturated rings. The summed E-state index contributed by atoms with van der Waals surface area (Å²) in [6.45, 7) is 5.43. The van der Waals surface area contributed by atoms with Crippen molar-refractivity contribution in [2.75, 3.05) is 6.54 Å². The lowest BCUT2D eigenvalue weighted by Gasteiger charge is -2.27. The molecule has 59 heavy (non-hydrogen) atoms. The first-order chi connectivity index (χ1) is 28.4. The molecule has 0 spiro atoms. The summed E-state index contributed by atoms with van der Waals surface area (Å²) in [6.07, 6.45) is 5.28. The van der Waals surface area contributed by atoms with E-state index in [1.54, 1.807) is 91.9 Å². The fourth-order valence-corrected chi connectivity index (χ4v) is 5.84. The summed E-state index contributed by atoms with van der Waals surface area (Å²) in [5.74, 6) is -2.66. The zero-order chi connectivity index (χ0) is 43.0. The number of terminal acetylenes is 1. The van der Waals surface area contributed by atoms with E-state index < -0.39 is 72.6 Å². The highest BCUT2D eigenvalue weighted by atomic mass is 16.5. The molecule has 314 valence electrons. The second-order valence-electron chi connectivity index (χ2n) is 14.3. The van der Waals surface area contributed by atoms with Crippen LogP contribution in [-0.2, 0) is 62.7 Å². The van der Waals surface area contributed by atoms with Crippen LogP contribution in [0.15, 0.2) is 91.0 Å². The van der Waals surface area contributed by atoms with Gasteiger partial charge in [-0.3, -0.25) is 33.6 Å². The number of hydrogen-bond acceptors (Lipinski definition) is 9. The van der Waals surface area contributed by atoms with Crippen molar-refractivity contribution < 1.29 is 43.0 Å². The third kappa shape index (κ3) is 18.1. The van der Waals surface area contributed by atoms with Crippen molar-refractivity contribution in [2.24, 2.45) is 5.92 Å². The smallest absolute Gasteiger partial charge is 0.308 e. The largest absolute Gasteiger partial charge is 0.461 e. The number of hydrogen-bond donors (Lipinski definition) is 5. The molecule has 3 aromatic rings. The topological polar surface area (TPSA) is 198 Å². The summed E-state index contributed by atoms with van der Waals surface area (Å²) in [5, 5.41) is 13.2. The summed E-state index contributed by atoms with van der Waals surface area (Å²) in [7, 11) is 0. The maximum Gasteiger partial charge on any atom is 0.308 e. The number of nitrogens with one attached hydrogen (secondary N) is 5. The van der Waals surface area contributed by atoms with E-state index in [0.29, 0.717) is 29.5 Å². The minimum absolute atomic E-state index is 0.0124. The first-order valence-electron chi connectivity index (χ1n) is 19.7. The molecule has 5 N–H and O–H groups in total. The lowest BCUT2D eigenvalue weighted by Crippen LogP contribution is -2.59. The Morgan fingerprint density at radius 1 is 0.593 bits per heavy atom. The number of carbonyl (C=O) groups is 7. The normalized spacial score (nSPS) is 12.7. The minimum Gasteiger partial charge on any atom is -0.461 e. The number of carbonyl (C=O) groups excluding carboxylic acids is 7. The summed E-state index contributed by atoms with van der Waals surface area (Å²) in [5.41, 5.74) is 2.06. The van der Waals surface area contributed by atoms with Crippen LogP contribution in [0.4, 0.5) is 0 Å². The molecule has 0 aliphatic carbocycles. The molecule has 14 heteroatoms. The van der Waals surface area contributed by atoms with E-state index in [-0.39, 0.29) is 50.8 Å². The average molecular weight is 810 g/mol. The van der Waals surface area contributed by atoms with Crippen LogP contribution in [0.1, 0.15) is 76.0 Å². The average Bonchev–Trinajstić information content (AvgIpc) is 3.22. The summed E-state index contributed by atoms with van der Waals surface area (Å²) in [4.78, 5) is 94.1. The second-order valence-corrected chi connectivity index (χ2v) is 14.3. The van der Waals surface area contributed by atoms with Gasteiger partial charge in [0.25, 0.3) is 0 Å². The lowest BCUT2D eigenvalue weighted by molar-refractivity contribution is -0.149. The third-order valence-electron chi connectivity index (χ3n) is 8.84. The Hall–Kier alpha value is -6.49. The van der Waals surface area contributed by atoms with Crippen LogP contribution in [0.25, 0.3) is 0 Å². The third-order valence-corrected chi connectivity index (χ3v) is 8.84. The van der Waals surface area contributed by atoms with Gasteiger partial charge in [0.05, 0.1) is 12.8 Å². The van der Waals surface area contributed by atoms with Gasteiger partial charge in [0.2, 0.25) is 29.5 Å². The molecular formula is C45H55N5O9. The highest BCUT2D eigenvalue weighted by Gasteiger charge is 2.34. The van der Waals surface area contributed by atoms with Gasteiger partial charge < -0.3 is 36.1 Å². The predicted molar refractivity (Wildman–Crippen MR) is 220 cm³/mol. The minimum atomic E-state index is -1.62. The fraction of sp³-hybridized carbons (Fsp3) is 0.400. The summed E-state index contributed by atoms with van der Waals surface area (Å²) in [6, 6.07) is 21.2. The van der Waals surface area contributed by atoms with Gasteiger partial charge in [-0.15, -0.1) is 12.3 Å². The van der Waals surface area contributed by atoms with Gasteiger partial charge in [-0.25, -0.2) is 0 Å². The van der Waals surface area contributed by atoms with Gasteiger partial charge in [0, 0.05) is 25.8 Å². The van der Waals surface area contributed by atoms with E-state index in [2.05, 4.69) is 32.5 Å². The van der Waals surface area contributed by atoms with Crippen LogP contribution in [-0.4, -0.2) is 72.2 Å². The summed E-state index contributed by atoms with van der Waals surface area (Å²) < 4.78 is 10.8. The van der Waals surface area contributed by atoms with Crippen molar-refractivity contribution in [3.05, 3.63) is 108 Å². The number of likely N-dealkylation sites (N-methyl/N-ethyl adjacent to an activating group) is 1. The van der Waals surface area contributed by atoms with Crippen LogP contribution in [0.5, 0.6) is 0 Å². The zero-order valence-corrected chi connectivity index (χ0v) is 33.9. The number of amides is 5. The second kappa shape index (κ2) is 25.7. The molecule has 3 aromatic carbocycles. The molecular weight excluding hydrogens is 755 g/mol. The van der Waals surface area contributed by atoms with Crippen molar-refractivity contribution in [3.63, 3.8) is 0 Å². The van der Waals surface area contributed by atoms with Gasteiger partial charge in [0.15, 0.2) is 0 Å². The van der Waals surface area contributed by atoms with E-state index in [9.17, 15) is 33.6 Å². The number of rotatable bonds is 24. The van der Waals surface area contributed by atoms with Gasteiger partial charge in [-0.05, 0) is 42.4 Å². The SMILES string of the molecule is C#CCCCC(=O)N[C@H](CC(C)C)C(=O)N[C@@H](Cc1ccccc1)C(=O)N[C@H](CC(=O)OCc1ccccc1)C(=O)N[C@@H](CC(=O)OCc1ccccc1)C(=O)NCC. The highest BCUT2D eigenvalue weighted by Crippen LogP contribution is 2.11. The van der Waals surface area contributed by atoms with Gasteiger partial charge in [-0.2, -0.15) is 0 Å². The molecule has 14 nitrogen and oxygen atoms in total. The predicted octanol–water partition coefficient (Wildman–Crippen LogP) is 3.42. The molecule has 5 amide bonds. The summed E-state index contributed by atoms with van der Waals surface area (Å²) >= 11 is 0.